The van der Waals surface area contributed by atoms with Gasteiger partial charge in [-0.25, -0.2) is 4.39 Å². The maximum Gasteiger partial charge on any atom is 0.251 e. The molecule has 24 heavy (non-hydrogen) atoms. The summed E-state index contributed by atoms with van der Waals surface area (Å²) in [6, 6.07) is 11.5. The summed E-state index contributed by atoms with van der Waals surface area (Å²) in [5, 5.41) is 12.8. The number of benzene rings is 2. The molecule has 5 nitrogen and oxygen atoms in total. The van der Waals surface area contributed by atoms with E-state index in [2.05, 4.69) is 10.4 Å². The number of hydrogen-bond acceptors (Lipinski definition) is 4. The molecule has 1 N–H and O–H groups in total. The first-order chi connectivity index (χ1) is 11.7. The second-order valence-corrected chi connectivity index (χ2v) is 5.63. The number of carbonyl (C=O) groups excluding carboxylic acids is 1. The Kier molecular flexibility index (Phi) is 3.49. The highest BCUT2D eigenvalue weighted by Crippen LogP contribution is 2.09. The smallest absolute Gasteiger partial charge is 0.251 e. The molecule has 2 aliphatic heterocycles. The van der Waals surface area contributed by atoms with Gasteiger partial charge in [-0.2, -0.15) is 10.2 Å². The van der Waals surface area contributed by atoms with Crippen LogP contribution in [0.15, 0.2) is 59.8 Å². The lowest BCUT2D eigenvalue weighted by Gasteiger charge is -2.25. The lowest BCUT2D eigenvalue weighted by molar-refractivity contribution is 0.0950. The highest BCUT2D eigenvalue weighted by molar-refractivity contribution is 5.94. The number of rotatable bonds is 3. The third kappa shape index (κ3) is 2.74. The van der Waals surface area contributed by atoms with Crippen molar-refractivity contribution in [1.82, 2.24) is 15.4 Å². The van der Waals surface area contributed by atoms with Crippen molar-refractivity contribution in [3.8, 4) is 0 Å². The van der Waals surface area contributed by atoms with Crippen LogP contribution in [0.4, 0.5) is 4.39 Å². The van der Waals surface area contributed by atoms with Gasteiger partial charge in [0.2, 0.25) is 0 Å². The molecule has 6 heteroatoms. The average molecular weight is 322 g/mol. The Labute approximate surface area is 138 Å². The van der Waals surface area contributed by atoms with E-state index in [4.69, 9.17) is 0 Å². The Balaban J connectivity index is 1.52. The SMILES string of the molecule is O=C(NCc1ccc(F)cc1)c1ccc2c(c1)=CN1C=CCN1N=2. The van der Waals surface area contributed by atoms with Crippen LogP contribution in [-0.2, 0) is 6.54 Å². The van der Waals surface area contributed by atoms with E-state index in [0.717, 1.165) is 22.7 Å². The number of nitrogens with one attached hydrogen (secondary N) is 1. The van der Waals surface area contributed by atoms with Gasteiger partial charge >= 0.3 is 0 Å². The number of halogens is 1. The van der Waals surface area contributed by atoms with Gasteiger partial charge in [-0.05, 0) is 42.0 Å². The van der Waals surface area contributed by atoms with Gasteiger partial charge in [0.15, 0.2) is 0 Å². The third-order valence-corrected chi connectivity index (χ3v) is 3.94. The molecule has 4 rings (SSSR count). The fraction of sp³-hybridized carbons (Fsp3) is 0.111. The highest BCUT2D eigenvalue weighted by Gasteiger charge is 2.15. The van der Waals surface area contributed by atoms with Crippen molar-refractivity contribution < 1.29 is 9.18 Å². The Morgan fingerprint density at radius 2 is 2.04 bits per heavy atom. The number of amides is 1. The first-order valence-corrected chi connectivity index (χ1v) is 7.65. The summed E-state index contributed by atoms with van der Waals surface area (Å²) in [5.41, 5.74) is 1.42. The molecule has 0 aromatic heterocycles. The zero-order valence-electron chi connectivity index (χ0n) is 12.8. The molecule has 2 aromatic carbocycles. The molecule has 2 aliphatic rings. The van der Waals surface area contributed by atoms with Gasteiger partial charge in [0, 0.05) is 29.7 Å². The van der Waals surface area contributed by atoms with Gasteiger partial charge in [-0.15, -0.1) is 0 Å². The van der Waals surface area contributed by atoms with Crippen LogP contribution in [0.1, 0.15) is 15.9 Å². The number of nitrogens with zero attached hydrogens (tertiary/aromatic N) is 3. The van der Waals surface area contributed by atoms with E-state index in [1.165, 1.54) is 12.1 Å². The summed E-state index contributed by atoms with van der Waals surface area (Å²) in [4.78, 5) is 12.3. The number of carbonyl (C=O) groups is 1. The van der Waals surface area contributed by atoms with Gasteiger partial charge in [0.05, 0.1) is 11.9 Å². The Morgan fingerprint density at radius 1 is 1.21 bits per heavy atom. The van der Waals surface area contributed by atoms with E-state index >= 15 is 0 Å². The van der Waals surface area contributed by atoms with Crippen molar-refractivity contribution in [2.75, 3.05) is 6.54 Å². The molecular formula is C18H15FN4O. The summed E-state index contributed by atoms with van der Waals surface area (Å²) in [5.74, 6) is -0.459. The minimum Gasteiger partial charge on any atom is -0.348 e. The molecule has 0 unspecified atom stereocenters. The molecule has 0 radical (unpaired) electrons. The zero-order valence-corrected chi connectivity index (χ0v) is 12.8. The first kappa shape index (κ1) is 14.4. The zero-order chi connectivity index (χ0) is 16.5. The topological polar surface area (TPSA) is 47.9 Å². The Bertz CT molecular complexity index is 936. The van der Waals surface area contributed by atoms with Crippen molar-refractivity contribution in [1.29, 1.82) is 0 Å². The maximum atomic E-state index is 12.9. The lowest BCUT2D eigenvalue weighted by atomic mass is 10.1. The molecule has 0 saturated carbocycles. The van der Waals surface area contributed by atoms with E-state index in [-0.39, 0.29) is 11.7 Å². The van der Waals surface area contributed by atoms with Crippen LogP contribution >= 0.6 is 0 Å². The van der Waals surface area contributed by atoms with Crippen LogP contribution < -0.4 is 15.9 Å². The first-order valence-electron chi connectivity index (χ1n) is 7.65. The Morgan fingerprint density at radius 3 is 2.88 bits per heavy atom. The van der Waals surface area contributed by atoms with Gasteiger partial charge in [0.25, 0.3) is 5.91 Å². The van der Waals surface area contributed by atoms with Gasteiger partial charge in [-0.1, -0.05) is 12.1 Å². The standard InChI is InChI=1S/C18H15FN4O/c19-16-5-2-13(3-6-16)11-20-18(24)14-4-7-17-15(10-14)12-22-8-1-9-23(22)21-17/h1-8,10,12H,9,11H2,(H,20,24). The van der Waals surface area contributed by atoms with E-state index in [0.29, 0.717) is 12.1 Å². The predicted octanol–water partition coefficient (Wildman–Crippen LogP) is 1.09. The molecule has 120 valence electrons. The molecule has 1 amide bonds. The fourth-order valence-corrected chi connectivity index (χ4v) is 2.67. The maximum absolute atomic E-state index is 12.9. The normalized spacial score (nSPS) is 14.5. The van der Waals surface area contributed by atoms with Gasteiger partial charge in [0.1, 0.15) is 5.82 Å². The highest BCUT2D eigenvalue weighted by atomic mass is 19.1. The number of hydrazine groups is 1. The second-order valence-electron chi connectivity index (χ2n) is 5.63. The van der Waals surface area contributed by atoms with Gasteiger partial charge < -0.3 is 5.32 Å². The van der Waals surface area contributed by atoms with Crippen molar-refractivity contribution in [2.24, 2.45) is 5.10 Å². The summed E-state index contributed by atoms with van der Waals surface area (Å²) in [7, 11) is 0. The largest absolute Gasteiger partial charge is 0.348 e. The minimum absolute atomic E-state index is 0.171. The molecule has 2 aromatic rings. The molecule has 2 heterocycles. The number of fused-ring (bicyclic) bond motifs is 2. The van der Waals surface area contributed by atoms with Crippen molar-refractivity contribution in [2.45, 2.75) is 6.54 Å². The molecule has 0 bridgehead atoms. The van der Waals surface area contributed by atoms with Crippen molar-refractivity contribution in [3.63, 3.8) is 0 Å². The quantitative estimate of drug-likeness (QED) is 0.920. The third-order valence-electron chi connectivity index (χ3n) is 3.94. The monoisotopic (exact) mass is 322 g/mol. The predicted molar refractivity (Wildman–Crippen MR) is 86.9 cm³/mol. The van der Waals surface area contributed by atoms with Crippen LogP contribution in [0.5, 0.6) is 0 Å². The second kappa shape index (κ2) is 5.81. The summed E-state index contributed by atoms with van der Waals surface area (Å²) < 4.78 is 12.9. The van der Waals surface area contributed by atoms with Crippen molar-refractivity contribution in [3.05, 3.63) is 82.3 Å². The summed E-state index contributed by atoms with van der Waals surface area (Å²) >= 11 is 0. The lowest BCUT2D eigenvalue weighted by Crippen LogP contribution is -2.41. The fourth-order valence-electron chi connectivity index (χ4n) is 2.67. The number of hydrogen-bond donors (Lipinski definition) is 1. The summed E-state index contributed by atoms with van der Waals surface area (Å²) in [6.45, 7) is 1.10. The molecule has 0 spiro atoms. The molecular weight excluding hydrogens is 307 g/mol. The average Bonchev–Trinajstić information content (AvgIpc) is 3.05. The Hall–Kier alpha value is -3.15. The van der Waals surface area contributed by atoms with Crippen LogP contribution in [0.25, 0.3) is 6.20 Å². The van der Waals surface area contributed by atoms with Gasteiger partial charge in [-0.3, -0.25) is 9.80 Å². The summed E-state index contributed by atoms with van der Waals surface area (Å²) in [6.07, 6.45) is 5.90. The van der Waals surface area contributed by atoms with E-state index in [1.54, 1.807) is 18.2 Å². The van der Waals surface area contributed by atoms with Crippen LogP contribution in [0.2, 0.25) is 0 Å². The van der Waals surface area contributed by atoms with E-state index < -0.39 is 0 Å². The van der Waals surface area contributed by atoms with E-state index in [9.17, 15) is 9.18 Å². The van der Waals surface area contributed by atoms with E-state index in [1.807, 2.05) is 40.7 Å². The molecule has 0 atom stereocenters. The van der Waals surface area contributed by atoms with Crippen LogP contribution in [0, 0.1) is 5.82 Å². The minimum atomic E-state index is -0.288. The molecule has 0 saturated heterocycles. The van der Waals surface area contributed by atoms with Crippen LogP contribution in [-0.4, -0.2) is 22.6 Å². The molecule has 0 aliphatic carbocycles. The molecule has 0 fully saturated rings. The van der Waals surface area contributed by atoms with Crippen LogP contribution in [0.3, 0.4) is 0 Å². The van der Waals surface area contributed by atoms with Crippen molar-refractivity contribution >= 4 is 12.1 Å².